The lowest BCUT2D eigenvalue weighted by Gasteiger charge is -2.10. The summed E-state index contributed by atoms with van der Waals surface area (Å²) in [6.45, 7) is 1.42. The monoisotopic (exact) mass is 424 g/mol. The number of hydrogen-bond donors (Lipinski definition) is 1. The predicted molar refractivity (Wildman–Crippen MR) is 113 cm³/mol. The zero-order valence-electron chi connectivity index (χ0n) is 15.9. The Labute approximate surface area is 177 Å². The van der Waals surface area contributed by atoms with Crippen molar-refractivity contribution < 1.29 is 19.2 Å². The van der Waals surface area contributed by atoms with Crippen LogP contribution in [-0.2, 0) is 4.79 Å². The molecule has 3 aromatic carbocycles. The summed E-state index contributed by atoms with van der Waals surface area (Å²) < 4.78 is 5.45. The Morgan fingerprint density at radius 1 is 1.00 bits per heavy atom. The third kappa shape index (κ3) is 5.21. The van der Waals surface area contributed by atoms with E-state index in [4.69, 9.17) is 16.3 Å². The number of halogens is 1. The second kappa shape index (κ2) is 9.19. The number of nitro benzene ring substituents is 1. The number of aryl methyl sites for hydroxylation is 1. The topological polar surface area (TPSA) is 98.5 Å². The predicted octanol–water partition coefficient (Wildman–Crippen LogP) is 4.81. The minimum absolute atomic E-state index is 0.0463. The van der Waals surface area contributed by atoms with Crippen molar-refractivity contribution in [3.8, 4) is 5.75 Å². The highest BCUT2D eigenvalue weighted by molar-refractivity contribution is 6.30. The summed E-state index contributed by atoms with van der Waals surface area (Å²) >= 11 is 5.84. The number of nitrogens with zero attached hydrogens (tertiary/aromatic N) is 1. The van der Waals surface area contributed by atoms with E-state index in [1.807, 2.05) is 0 Å². The molecule has 0 spiro atoms. The van der Waals surface area contributed by atoms with Crippen LogP contribution in [0.15, 0.2) is 66.7 Å². The summed E-state index contributed by atoms with van der Waals surface area (Å²) in [7, 11) is 0. The molecule has 0 radical (unpaired) electrons. The Hall–Kier alpha value is -3.71. The molecule has 0 aliphatic carbocycles. The van der Waals surface area contributed by atoms with Crippen LogP contribution in [0.2, 0.25) is 5.02 Å². The molecule has 3 rings (SSSR count). The Bertz CT molecular complexity index is 1100. The molecule has 8 heteroatoms. The van der Waals surface area contributed by atoms with Gasteiger partial charge in [-0.2, -0.15) is 0 Å². The van der Waals surface area contributed by atoms with E-state index in [0.717, 1.165) is 0 Å². The van der Waals surface area contributed by atoms with Crippen LogP contribution in [0.5, 0.6) is 5.75 Å². The van der Waals surface area contributed by atoms with Gasteiger partial charge in [0.25, 0.3) is 11.6 Å². The molecule has 30 heavy (non-hydrogen) atoms. The summed E-state index contributed by atoms with van der Waals surface area (Å²) in [5, 5.41) is 14.0. The molecule has 0 fully saturated rings. The Morgan fingerprint density at radius 2 is 1.60 bits per heavy atom. The molecule has 0 bridgehead atoms. The molecule has 0 aliphatic rings. The van der Waals surface area contributed by atoms with Crippen molar-refractivity contribution in [1.29, 1.82) is 0 Å². The lowest BCUT2D eigenvalue weighted by molar-refractivity contribution is -0.384. The van der Waals surface area contributed by atoms with E-state index < -0.39 is 10.8 Å². The maximum absolute atomic E-state index is 12.4. The minimum atomic E-state index is -0.497. The molecule has 0 heterocycles. The Morgan fingerprint density at radius 3 is 2.17 bits per heavy atom. The molecule has 0 saturated heterocycles. The number of anilines is 1. The molecule has 0 unspecified atom stereocenters. The van der Waals surface area contributed by atoms with Crippen molar-refractivity contribution in [2.75, 3.05) is 11.9 Å². The fraction of sp³-hybridized carbons (Fsp3) is 0.0909. The summed E-state index contributed by atoms with van der Waals surface area (Å²) in [5.74, 6) is -0.129. The first-order valence-electron chi connectivity index (χ1n) is 8.91. The van der Waals surface area contributed by atoms with Crippen molar-refractivity contribution in [2.24, 2.45) is 0 Å². The molecule has 0 atom stereocenters. The fourth-order valence-electron chi connectivity index (χ4n) is 2.71. The van der Waals surface area contributed by atoms with Gasteiger partial charge >= 0.3 is 0 Å². The van der Waals surface area contributed by atoms with E-state index in [9.17, 15) is 19.7 Å². The van der Waals surface area contributed by atoms with Crippen molar-refractivity contribution in [3.63, 3.8) is 0 Å². The number of benzene rings is 3. The van der Waals surface area contributed by atoms with Crippen molar-refractivity contribution in [2.45, 2.75) is 6.92 Å². The maximum Gasteiger partial charge on any atom is 0.269 e. The Balaban J connectivity index is 1.57. The first-order chi connectivity index (χ1) is 14.3. The van der Waals surface area contributed by atoms with Gasteiger partial charge in [0.1, 0.15) is 5.75 Å². The van der Waals surface area contributed by atoms with Crippen LogP contribution in [0.1, 0.15) is 21.5 Å². The van der Waals surface area contributed by atoms with Gasteiger partial charge < -0.3 is 10.1 Å². The molecule has 0 saturated carbocycles. The van der Waals surface area contributed by atoms with Crippen LogP contribution >= 0.6 is 11.6 Å². The molecular weight excluding hydrogens is 408 g/mol. The van der Waals surface area contributed by atoms with Gasteiger partial charge in [0, 0.05) is 34.0 Å². The van der Waals surface area contributed by atoms with Gasteiger partial charge in [-0.1, -0.05) is 11.6 Å². The first-order valence-corrected chi connectivity index (χ1v) is 9.29. The van der Waals surface area contributed by atoms with Crippen molar-refractivity contribution >= 4 is 34.7 Å². The molecule has 3 aromatic rings. The first kappa shape index (κ1) is 21.0. The quantitative estimate of drug-likeness (QED) is 0.333. The van der Waals surface area contributed by atoms with Gasteiger partial charge in [0.2, 0.25) is 0 Å². The van der Waals surface area contributed by atoms with E-state index in [2.05, 4.69) is 5.32 Å². The fourth-order valence-corrected chi connectivity index (χ4v) is 2.83. The lowest BCUT2D eigenvalue weighted by atomic mass is 10.0. The normalized spacial score (nSPS) is 10.3. The van der Waals surface area contributed by atoms with E-state index in [0.29, 0.717) is 33.1 Å². The molecular formula is C22H17ClN2O5. The van der Waals surface area contributed by atoms with Crippen molar-refractivity contribution in [3.05, 3.63) is 98.6 Å². The number of nitro groups is 1. The third-order valence-electron chi connectivity index (χ3n) is 4.29. The molecule has 0 aliphatic heterocycles. The summed E-state index contributed by atoms with van der Waals surface area (Å²) in [4.78, 5) is 34.8. The minimum Gasteiger partial charge on any atom is -0.484 e. The van der Waals surface area contributed by atoms with Gasteiger partial charge in [-0.25, -0.2) is 0 Å². The van der Waals surface area contributed by atoms with Crippen molar-refractivity contribution in [1.82, 2.24) is 0 Å². The molecule has 1 N–H and O–H groups in total. The molecule has 1 amide bonds. The summed E-state index contributed by atoms with van der Waals surface area (Å²) in [6, 6.07) is 17.2. The van der Waals surface area contributed by atoms with Gasteiger partial charge in [0.15, 0.2) is 12.4 Å². The average Bonchev–Trinajstić information content (AvgIpc) is 2.74. The van der Waals surface area contributed by atoms with Crippen LogP contribution in [0.4, 0.5) is 11.4 Å². The average molecular weight is 425 g/mol. The van der Waals surface area contributed by atoms with E-state index in [1.54, 1.807) is 55.5 Å². The zero-order chi connectivity index (χ0) is 21.7. The van der Waals surface area contributed by atoms with Crippen LogP contribution in [0.25, 0.3) is 0 Å². The lowest BCUT2D eigenvalue weighted by Crippen LogP contribution is -2.20. The van der Waals surface area contributed by atoms with Gasteiger partial charge in [-0.15, -0.1) is 0 Å². The highest BCUT2D eigenvalue weighted by Crippen LogP contribution is 2.21. The number of carbonyl (C=O) groups is 2. The smallest absolute Gasteiger partial charge is 0.269 e. The number of non-ortho nitro benzene ring substituents is 1. The number of nitrogens with one attached hydrogen (secondary N) is 1. The van der Waals surface area contributed by atoms with Crippen LogP contribution in [0, 0.1) is 17.0 Å². The SMILES string of the molecule is Cc1cc([N+](=O)[O-])ccc1NC(=O)COc1ccc(C(=O)c2ccc(Cl)cc2)cc1. The Kier molecular flexibility index (Phi) is 6.44. The molecule has 152 valence electrons. The number of ether oxygens (including phenoxy) is 1. The summed E-state index contributed by atoms with van der Waals surface area (Å²) in [5.41, 5.74) is 2.00. The number of carbonyl (C=O) groups excluding carboxylic acids is 2. The third-order valence-corrected chi connectivity index (χ3v) is 4.54. The maximum atomic E-state index is 12.4. The van der Waals surface area contributed by atoms with E-state index in [1.165, 1.54) is 18.2 Å². The molecule has 7 nitrogen and oxygen atoms in total. The van der Waals surface area contributed by atoms with Crippen LogP contribution in [0.3, 0.4) is 0 Å². The van der Waals surface area contributed by atoms with E-state index >= 15 is 0 Å². The standard InChI is InChI=1S/C22H17ClN2O5/c1-14-12-18(25(28)29)8-11-20(14)24-21(26)13-30-19-9-4-16(5-10-19)22(27)15-2-6-17(23)7-3-15/h2-12H,13H2,1H3,(H,24,26). The van der Waals surface area contributed by atoms with E-state index in [-0.39, 0.29) is 18.1 Å². The summed E-state index contributed by atoms with van der Waals surface area (Å²) in [6.07, 6.45) is 0. The van der Waals surface area contributed by atoms with Gasteiger partial charge in [-0.3, -0.25) is 19.7 Å². The number of rotatable bonds is 7. The van der Waals surface area contributed by atoms with Crippen LogP contribution in [-0.4, -0.2) is 23.2 Å². The van der Waals surface area contributed by atoms with Gasteiger partial charge in [0.05, 0.1) is 4.92 Å². The van der Waals surface area contributed by atoms with Crippen LogP contribution < -0.4 is 10.1 Å². The second-order valence-corrected chi connectivity index (χ2v) is 6.89. The number of ketones is 1. The number of amides is 1. The largest absolute Gasteiger partial charge is 0.484 e. The van der Waals surface area contributed by atoms with Gasteiger partial charge in [-0.05, 0) is 67.1 Å². The highest BCUT2D eigenvalue weighted by atomic mass is 35.5. The second-order valence-electron chi connectivity index (χ2n) is 6.45. The zero-order valence-corrected chi connectivity index (χ0v) is 16.7. The highest BCUT2D eigenvalue weighted by Gasteiger charge is 2.12. The molecule has 0 aromatic heterocycles. The number of hydrogen-bond acceptors (Lipinski definition) is 5.